The first-order chi connectivity index (χ1) is 17.6. The zero-order valence-corrected chi connectivity index (χ0v) is 23.0. The molecule has 1 fully saturated rings. The van der Waals surface area contributed by atoms with Crippen molar-refractivity contribution >= 4 is 29.5 Å². The van der Waals surface area contributed by atoms with Gasteiger partial charge in [-0.15, -0.1) is 5.06 Å². The minimum Gasteiger partial charge on any atom is -1.00 e. The standard InChI is InChI=1S/C21H24NO3.C7H7NO4.BrH/c1-4-20(23)25-15-14-22(2,3)16-17-10-12-19(13-11-17)21(24)18-8-6-5-7-9-18;1-2-7(11)12-8-5(9)3-4-6(8)10;/h4-13H,1,14-16H2,2-3H3;2H,1,3-4H2;1H/q+1;;/p-1. The molecule has 2 amide bonds. The molecule has 0 radical (unpaired) electrons. The number of hydrogen-bond donors (Lipinski definition) is 0. The van der Waals surface area contributed by atoms with Crippen molar-refractivity contribution in [2.75, 3.05) is 27.2 Å². The lowest BCUT2D eigenvalue weighted by Crippen LogP contribution is -3.00. The van der Waals surface area contributed by atoms with Gasteiger partial charge in [0, 0.05) is 41.7 Å². The molecule has 0 atom stereocenters. The highest BCUT2D eigenvalue weighted by atomic mass is 79.9. The molecule has 2 aromatic rings. The SMILES string of the molecule is C=CC(=O)OCC[N+](C)(C)Cc1ccc(C(=O)c2ccccc2)cc1.C=CC(=O)ON1C(=O)CCC1=O.[Br-]. The monoisotopic (exact) mass is 586 g/mol. The summed E-state index contributed by atoms with van der Waals surface area (Å²) in [7, 11) is 4.15. The van der Waals surface area contributed by atoms with Gasteiger partial charge in [-0.25, -0.2) is 9.59 Å². The zero-order chi connectivity index (χ0) is 27.4. The fraction of sp³-hybridized carbons (Fsp3) is 0.250. The Labute approximate surface area is 232 Å². The summed E-state index contributed by atoms with van der Waals surface area (Å²) < 4.78 is 5.72. The van der Waals surface area contributed by atoms with E-state index in [1.807, 2.05) is 54.6 Å². The topological polar surface area (TPSA) is 107 Å². The molecule has 38 heavy (non-hydrogen) atoms. The molecule has 202 valence electrons. The summed E-state index contributed by atoms with van der Waals surface area (Å²) in [6.45, 7) is 8.34. The van der Waals surface area contributed by atoms with Crippen molar-refractivity contribution in [2.45, 2.75) is 19.4 Å². The van der Waals surface area contributed by atoms with Crippen LogP contribution in [0, 0.1) is 0 Å². The zero-order valence-electron chi connectivity index (χ0n) is 21.4. The van der Waals surface area contributed by atoms with Gasteiger partial charge in [0.1, 0.15) is 19.7 Å². The predicted molar refractivity (Wildman–Crippen MR) is 136 cm³/mol. The van der Waals surface area contributed by atoms with Gasteiger partial charge in [0.25, 0.3) is 11.8 Å². The molecule has 1 aliphatic heterocycles. The first-order valence-electron chi connectivity index (χ1n) is 11.6. The van der Waals surface area contributed by atoms with Crippen LogP contribution in [0.3, 0.4) is 0 Å². The lowest BCUT2D eigenvalue weighted by Gasteiger charge is -2.29. The van der Waals surface area contributed by atoms with Crippen LogP contribution < -0.4 is 17.0 Å². The van der Waals surface area contributed by atoms with Crippen LogP contribution in [-0.4, -0.2) is 66.3 Å². The summed E-state index contributed by atoms with van der Waals surface area (Å²) in [5.41, 5.74) is 2.50. The Morgan fingerprint density at radius 1 is 0.868 bits per heavy atom. The van der Waals surface area contributed by atoms with Gasteiger partial charge < -0.3 is 31.0 Å². The number of rotatable bonds is 10. The normalized spacial score (nSPS) is 12.4. The molecule has 0 saturated carbocycles. The largest absolute Gasteiger partial charge is 1.00 e. The number of carbonyl (C=O) groups excluding carboxylic acids is 5. The van der Waals surface area contributed by atoms with E-state index in [4.69, 9.17) is 4.74 Å². The third kappa shape index (κ3) is 10.2. The van der Waals surface area contributed by atoms with Gasteiger partial charge in [0.2, 0.25) is 0 Å². The fourth-order valence-electron chi connectivity index (χ4n) is 3.33. The van der Waals surface area contributed by atoms with Gasteiger partial charge in [-0.2, -0.15) is 0 Å². The quantitative estimate of drug-likeness (QED) is 0.127. The molecule has 2 aromatic carbocycles. The van der Waals surface area contributed by atoms with Crippen molar-refractivity contribution in [1.29, 1.82) is 0 Å². The summed E-state index contributed by atoms with van der Waals surface area (Å²) in [4.78, 5) is 60.1. The minimum absolute atomic E-state index is 0. The molecule has 0 N–H and O–H groups in total. The Morgan fingerprint density at radius 3 is 1.92 bits per heavy atom. The summed E-state index contributed by atoms with van der Waals surface area (Å²) >= 11 is 0. The number of quaternary nitrogens is 1. The van der Waals surface area contributed by atoms with Gasteiger partial charge in [-0.05, 0) is 0 Å². The average Bonchev–Trinajstić information content (AvgIpc) is 3.21. The second-order valence-electron chi connectivity index (χ2n) is 8.78. The Bertz CT molecular complexity index is 1150. The molecule has 0 unspecified atom stereocenters. The summed E-state index contributed by atoms with van der Waals surface area (Å²) in [5.74, 6) is -2.16. The second-order valence-corrected chi connectivity index (χ2v) is 8.78. The van der Waals surface area contributed by atoms with E-state index in [1.54, 1.807) is 0 Å². The van der Waals surface area contributed by atoms with Crippen LogP contribution >= 0.6 is 0 Å². The number of amides is 2. The maximum atomic E-state index is 12.4. The third-order valence-corrected chi connectivity index (χ3v) is 5.32. The smallest absolute Gasteiger partial charge is 0.356 e. The van der Waals surface area contributed by atoms with Crippen LogP contribution in [0.25, 0.3) is 0 Å². The van der Waals surface area contributed by atoms with Crippen LogP contribution in [0.2, 0.25) is 0 Å². The van der Waals surface area contributed by atoms with E-state index in [1.165, 1.54) is 6.08 Å². The molecule has 3 rings (SSSR count). The fourth-order valence-corrected chi connectivity index (χ4v) is 3.33. The van der Waals surface area contributed by atoms with E-state index >= 15 is 0 Å². The average molecular weight is 587 g/mol. The number of carbonyl (C=O) groups is 5. The number of benzene rings is 2. The molecule has 0 aromatic heterocycles. The number of hydroxylamine groups is 2. The number of likely N-dealkylation sites (N-methyl/N-ethyl adjacent to an activating group) is 1. The highest BCUT2D eigenvalue weighted by Gasteiger charge is 2.32. The van der Waals surface area contributed by atoms with Gasteiger partial charge in [0.05, 0.1) is 14.1 Å². The Morgan fingerprint density at radius 2 is 1.39 bits per heavy atom. The highest BCUT2D eigenvalue weighted by Crippen LogP contribution is 2.14. The molecule has 0 aliphatic carbocycles. The maximum Gasteiger partial charge on any atom is 0.356 e. The first-order valence-corrected chi connectivity index (χ1v) is 11.6. The second kappa shape index (κ2) is 15.4. The van der Waals surface area contributed by atoms with Gasteiger partial charge >= 0.3 is 11.9 Å². The lowest BCUT2D eigenvalue weighted by molar-refractivity contribution is -0.903. The van der Waals surface area contributed by atoms with Crippen LogP contribution in [-0.2, 0) is 35.3 Å². The molecule has 1 aliphatic rings. The number of ether oxygens (including phenoxy) is 1. The van der Waals surface area contributed by atoms with E-state index in [2.05, 4.69) is 32.1 Å². The van der Waals surface area contributed by atoms with Crippen LogP contribution in [0.1, 0.15) is 34.3 Å². The van der Waals surface area contributed by atoms with Crippen LogP contribution in [0.4, 0.5) is 0 Å². The van der Waals surface area contributed by atoms with Crippen molar-refractivity contribution in [1.82, 2.24) is 5.06 Å². The van der Waals surface area contributed by atoms with Gasteiger partial charge in [0.15, 0.2) is 5.78 Å². The number of nitrogens with zero attached hydrogens (tertiary/aromatic N) is 2. The summed E-state index contributed by atoms with van der Waals surface area (Å²) in [6.07, 6.45) is 2.26. The minimum atomic E-state index is -0.807. The molecular weight excluding hydrogens is 556 g/mol. The van der Waals surface area contributed by atoms with E-state index in [0.29, 0.717) is 33.8 Å². The van der Waals surface area contributed by atoms with Crippen molar-refractivity contribution < 1.29 is 55.0 Å². The summed E-state index contributed by atoms with van der Waals surface area (Å²) in [5, 5.41) is 0.476. The Balaban J connectivity index is 0.000000468. The van der Waals surface area contributed by atoms with Gasteiger partial charge in [-0.1, -0.05) is 67.8 Å². The van der Waals surface area contributed by atoms with E-state index in [-0.39, 0.29) is 35.6 Å². The third-order valence-electron chi connectivity index (χ3n) is 5.32. The number of halogens is 1. The maximum absolute atomic E-state index is 12.4. The van der Waals surface area contributed by atoms with E-state index < -0.39 is 23.8 Å². The Hall–Kier alpha value is -3.89. The lowest BCUT2D eigenvalue weighted by atomic mass is 10.0. The number of imide groups is 1. The number of esters is 1. The van der Waals surface area contributed by atoms with Crippen LogP contribution in [0.15, 0.2) is 79.9 Å². The van der Waals surface area contributed by atoms with Crippen molar-refractivity contribution in [2.24, 2.45) is 0 Å². The molecule has 1 saturated heterocycles. The number of hydrogen-bond acceptors (Lipinski definition) is 7. The van der Waals surface area contributed by atoms with Crippen molar-refractivity contribution in [3.63, 3.8) is 0 Å². The van der Waals surface area contributed by atoms with E-state index in [9.17, 15) is 24.0 Å². The molecule has 1 heterocycles. The molecular formula is C28H31BrN2O7. The van der Waals surface area contributed by atoms with Crippen molar-refractivity contribution in [3.05, 3.63) is 96.6 Å². The Kier molecular flexibility index (Phi) is 13.0. The highest BCUT2D eigenvalue weighted by molar-refractivity contribution is 6.09. The molecule has 0 spiro atoms. The van der Waals surface area contributed by atoms with Gasteiger partial charge in [-0.3, -0.25) is 14.4 Å². The first kappa shape index (κ1) is 32.1. The van der Waals surface area contributed by atoms with Crippen LogP contribution in [0.5, 0.6) is 0 Å². The van der Waals surface area contributed by atoms with E-state index in [0.717, 1.165) is 18.2 Å². The predicted octanol–water partition coefficient (Wildman–Crippen LogP) is 0.00680. The van der Waals surface area contributed by atoms with Crippen molar-refractivity contribution in [3.8, 4) is 0 Å². The molecule has 10 heteroatoms. The number of ketones is 1. The molecule has 0 bridgehead atoms. The summed E-state index contributed by atoms with van der Waals surface area (Å²) in [6, 6.07) is 16.9. The molecule has 9 nitrogen and oxygen atoms in total.